The molecule has 0 aliphatic carbocycles. The fourth-order valence-electron chi connectivity index (χ4n) is 2.70. The minimum absolute atomic E-state index is 0.198. The van der Waals surface area contributed by atoms with E-state index in [1.807, 2.05) is 43.3 Å². The van der Waals surface area contributed by atoms with E-state index < -0.39 is 10.0 Å². The summed E-state index contributed by atoms with van der Waals surface area (Å²) in [6.07, 6.45) is 1.14. The smallest absolute Gasteiger partial charge is 0.209 e. The van der Waals surface area contributed by atoms with Gasteiger partial charge in [0.2, 0.25) is 10.0 Å². The Labute approximate surface area is 140 Å². The predicted octanol–water partition coefficient (Wildman–Crippen LogP) is 3.85. The first kappa shape index (κ1) is 16.1. The average molecular weight is 349 g/mol. The van der Waals surface area contributed by atoms with Crippen molar-refractivity contribution < 1.29 is 8.42 Å². The number of nitrogens with one attached hydrogen (secondary N) is 2. The van der Waals surface area contributed by atoms with Gasteiger partial charge in [-0.25, -0.2) is 13.1 Å². The monoisotopic (exact) mass is 348 g/mol. The van der Waals surface area contributed by atoms with Crippen molar-refractivity contribution >= 4 is 32.5 Å². The van der Waals surface area contributed by atoms with E-state index >= 15 is 0 Å². The molecular weight excluding hydrogens is 332 g/mol. The highest BCUT2D eigenvalue weighted by atomic mass is 35.5. The van der Waals surface area contributed by atoms with Crippen molar-refractivity contribution in [3.05, 3.63) is 58.6 Å². The summed E-state index contributed by atoms with van der Waals surface area (Å²) in [5, 5.41) is 1.59. The molecule has 6 heteroatoms. The molecule has 0 unspecified atom stereocenters. The molecule has 3 aromatic rings. The standard InChI is InChI=1S/C17H17ClN2O2S/c1-11-15-9-14(18)8-13(10-19-23(2,21)22)17(15)20-16(11)12-6-4-3-5-7-12/h3-9,19-20H,10H2,1-2H3. The van der Waals surface area contributed by atoms with Gasteiger partial charge in [0, 0.05) is 22.6 Å². The number of aromatic amines is 1. The average Bonchev–Trinajstić information content (AvgIpc) is 2.82. The first-order chi connectivity index (χ1) is 10.8. The van der Waals surface area contributed by atoms with Crippen molar-refractivity contribution in [2.45, 2.75) is 13.5 Å². The SMILES string of the molecule is Cc1c(-c2ccccc2)[nH]c2c(CNS(C)(=O)=O)cc(Cl)cc12. The number of aryl methyl sites for hydroxylation is 1. The zero-order valence-electron chi connectivity index (χ0n) is 12.9. The summed E-state index contributed by atoms with van der Waals surface area (Å²) in [7, 11) is -3.27. The van der Waals surface area contributed by atoms with Gasteiger partial charge in [0.25, 0.3) is 0 Å². The lowest BCUT2D eigenvalue weighted by molar-refractivity contribution is 0.588. The molecule has 1 aromatic heterocycles. The molecular formula is C17H17ClN2O2S. The van der Waals surface area contributed by atoms with Crippen LogP contribution < -0.4 is 4.72 Å². The maximum absolute atomic E-state index is 11.4. The fraction of sp³-hybridized carbons (Fsp3) is 0.176. The lowest BCUT2D eigenvalue weighted by atomic mass is 10.1. The molecule has 3 rings (SSSR count). The van der Waals surface area contributed by atoms with Gasteiger partial charge >= 0.3 is 0 Å². The summed E-state index contributed by atoms with van der Waals surface area (Å²) < 4.78 is 25.2. The number of aromatic nitrogens is 1. The van der Waals surface area contributed by atoms with Crippen LogP contribution in [0.4, 0.5) is 0 Å². The molecule has 1 heterocycles. The summed E-state index contributed by atoms with van der Waals surface area (Å²) in [5.74, 6) is 0. The Morgan fingerprint density at radius 2 is 1.87 bits per heavy atom. The lowest BCUT2D eigenvalue weighted by Gasteiger charge is -2.05. The number of halogens is 1. The molecule has 2 aromatic carbocycles. The second-order valence-electron chi connectivity index (χ2n) is 5.57. The van der Waals surface area contributed by atoms with Crippen LogP contribution in [0.3, 0.4) is 0 Å². The molecule has 0 atom stereocenters. The minimum atomic E-state index is -3.27. The van der Waals surface area contributed by atoms with Crippen LogP contribution in [0, 0.1) is 6.92 Å². The van der Waals surface area contributed by atoms with Gasteiger partial charge in [0.05, 0.1) is 11.8 Å². The largest absolute Gasteiger partial charge is 0.354 e. The maximum atomic E-state index is 11.4. The molecule has 0 saturated carbocycles. The van der Waals surface area contributed by atoms with Crippen molar-refractivity contribution in [1.29, 1.82) is 0 Å². The van der Waals surface area contributed by atoms with E-state index in [0.29, 0.717) is 5.02 Å². The number of fused-ring (bicyclic) bond motifs is 1. The molecule has 2 N–H and O–H groups in total. The molecule has 0 saturated heterocycles. The summed E-state index contributed by atoms with van der Waals surface area (Å²) in [5.41, 5.74) is 4.92. The Morgan fingerprint density at radius 1 is 1.17 bits per heavy atom. The van der Waals surface area contributed by atoms with Crippen LogP contribution in [0.5, 0.6) is 0 Å². The van der Waals surface area contributed by atoms with Crippen LogP contribution in [0.25, 0.3) is 22.2 Å². The van der Waals surface area contributed by atoms with Gasteiger partial charge in [-0.05, 0) is 35.7 Å². The van der Waals surface area contributed by atoms with Crippen molar-refractivity contribution in [3.8, 4) is 11.3 Å². The summed E-state index contributed by atoms with van der Waals surface area (Å²) in [4.78, 5) is 3.42. The van der Waals surface area contributed by atoms with Gasteiger partial charge in [-0.3, -0.25) is 0 Å². The molecule has 23 heavy (non-hydrogen) atoms. The van der Waals surface area contributed by atoms with Gasteiger partial charge in [-0.1, -0.05) is 41.9 Å². The third-order valence-electron chi connectivity index (χ3n) is 3.80. The van der Waals surface area contributed by atoms with Gasteiger partial charge in [0.15, 0.2) is 0 Å². The third-order valence-corrected chi connectivity index (χ3v) is 4.69. The molecule has 0 spiro atoms. The Morgan fingerprint density at radius 3 is 2.52 bits per heavy atom. The van der Waals surface area contributed by atoms with Gasteiger partial charge in [0.1, 0.15) is 0 Å². The van der Waals surface area contributed by atoms with Crippen molar-refractivity contribution in [1.82, 2.24) is 9.71 Å². The lowest BCUT2D eigenvalue weighted by Crippen LogP contribution is -2.21. The van der Waals surface area contributed by atoms with Crippen LogP contribution in [0.1, 0.15) is 11.1 Å². The number of hydrogen-bond acceptors (Lipinski definition) is 2. The molecule has 4 nitrogen and oxygen atoms in total. The molecule has 0 bridgehead atoms. The second kappa shape index (κ2) is 6.00. The van der Waals surface area contributed by atoms with E-state index in [-0.39, 0.29) is 6.54 Å². The van der Waals surface area contributed by atoms with Crippen LogP contribution in [0.2, 0.25) is 5.02 Å². The van der Waals surface area contributed by atoms with E-state index in [0.717, 1.165) is 39.5 Å². The zero-order valence-corrected chi connectivity index (χ0v) is 14.4. The minimum Gasteiger partial charge on any atom is -0.354 e. The van der Waals surface area contributed by atoms with Gasteiger partial charge < -0.3 is 4.98 Å². The summed E-state index contributed by atoms with van der Waals surface area (Å²) in [6.45, 7) is 2.23. The highest BCUT2D eigenvalue weighted by Crippen LogP contribution is 2.33. The van der Waals surface area contributed by atoms with E-state index in [1.54, 1.807) is 6.07 Å². The van der Waals surface area contributed by atoms with Gasteiger partial charge in [-0.2, -0.15) is 0 Å². The molecule has 120 valence electrons. The van der Waals surface area contributed by atoms with E-state index in [4.69, 9.17) is 11.6 Å². The molecule has 0 fully saturated rings. The molecule has 0 aliphatic heterocycles. The fourth-order valence-corrected chi connectivity index (χ4v) is 3.36. The highest BCUT2D eigenvalue weighted by molar-refractivity contribution is 7.88. The van der Waals surface area contributed by atoms with E-state index in [1.165, 1.54) is 0 Å². The second-order valence-corrected chi connectivity index (χ2v) is 7.84. The molecule has 0 amide bonds. The van der Waals surface area contributed by atoms with Crippen molar-refractivity contribution in [2.75, 3.05) is 6.26 Å². The Balaban J connectivity index is 2.15. The van der Waals surface area contributed by atoms with Crippen molar-refractivity contribution in [2.24, 2.45) is 0 Å². The Hall–Kier alpha value is -1.82. The van der Waals surface area contributed by atoms with E-state index in [9.17, 15) is 8.42 Å². The molecule has 0 radical (unpaired) electrons. The number of H-pyrrole nitrogens is 1. The summed E-state index contributed by atoms with van der Waals surface area (Å²) >= 11 is 6.21. The first-order valence-electron chi connectivity index (χ1n) is 7.16. The third kappa shape index (κ3) is 3.42. The predicted molar refractivity (Wildman–Crippen MR) is 95.2 cm³/mol. The normalized spacial score (nSPS) is 12.0. The zero-order chi connectivity index (χ0) is 16.6. The Kier molecular flexibility index (Phi) is 4.19. The number of benzene rings is 2. The van der Waals surface area contributed by atoms with Crippen LogP contribution in [-0.2, 0) is 16.6 Å². The van der Waals surface area contributed by atoms with Crippen LogP contribution in [0.15, 0.2) is 42.5 Å². The van der Waals surface area contributed by atoms with Crippen LogP contribution in [-0.4, -0.2) is 19.7 Å². The first-order valence-corrected chi connectivity index (χ1v) is 9.43. The van der Waals surface area contributed by atoms with Crippen LogP contribution >= 0.6 is 11.6 Å². The van der Waals surface area contributed by atoms with Crippen molar-refractivity contribution in [3.63, 3.8) is 0 Å². The number of hydrogen-bond donors (Lipinski definition) is 2. The number of sulfonamides is 1. The quantitative estimate of drug-likeness (QED) is 0.752. The number of rotatable bonds is 4. The Bertz CT molecular complexity index is 963. The summed E-state index contributed by atoms with van der Waals surface area (Å²) in [6, 6.07) is 13.7. The maximum Gasteiger partial charge on any atom is 0.209 e. The van der Waals surface area contributed by atoms with Gasteiger partial charge in [-0.15, -0.1) is 0 Å². The molecule has 0 aliphatic rings. The topological polar surface area (TPSA) is 62.0 Å². The highest BCUT2D eigenvalue weighted by Gasteiger charge is 2.14. The van der Waals surface area contributed by atoms with E-state index in [2.05, 4.69) is 9.71 Å².